The van der Waals surface area contributed by atoms with Gasteiger partial charge in [-0.2, -0.15) is 0 Å². The van der Waals surface area contributed by atoms with Crippen molar-refractivity contribution >= 4 is 16.9 Å². The lowest BCUT2D eigenvalue weighted by molar-refractivity contribution is -0.148. The van der Waals surface area contributed by atoms with Gasteiger partial charge in [-0.05, 0) is 56.5 Å². The Labute approximate surface area is 166 Å². The van der Waals surface area contributed by atoms with Crippen molar-refractivity contribution in [3.05, 3.63) is 35.5 Å². The highest BCUT2D eigenvalue weighted by Gasteiger charge is 2.39. The number of piperidine rings is 1. The average Bonchev–Trinajstić information content (AvgIpc) is 2.94. The Morgan fingerprint density at radius 3 is 3.14 bits per heavy atom. The van der Waals surface area contributed by atoms with Crippen molar-refractivity contribution in [1.82, 2.24) is 15.2 Å². The quantitative estimate of drug-likeness (QED) is 0.802. The van der Waals surface area contributed by atoms with Gasteiger partial charge in [-0.1, -0.05) is 25.0 Å². The van der Waals surface area contributed by atoms with Crippen LogP contribution in [0.1, 0.15) is 49.1 Å². The third kappa shape index (κ3) is 3.25. The molecule has 0 radical (unpaired) electrons. The van der Waals surface area contributed by atoms with Crippen molar-refractivity contribution in [3.63, 3.8) is 0 Å². The van der Waals surface area contributed by atoms with E-state index in [9.17, 15) is 4.79 Å². The van der Waals surface area contributed by atoms with E-state index in [0.29, 0.717) is 24.5 Å². The zero-order valence-corrected chi connectivity index (χ0v) is 16.7. The molecule has 4 atom stereocenters. The molecule has 2 fully saturated rings. The monoisotopic (exact) mass is 381 g/mol. The Morgan fingerprint density at radius 1 is 1.29 bits per heavy atom. The zero-order valence-electron chi connectivity index (χ0n) is 16.7. The number of esters is 1. The molecule has 5 nitrogen and oxygen atoms in total. The average molecular weight is 382 g/mol. The second kappa shape index (κ2) is 7.53. The molecule has 5 heteroatoms. The summed E-state index contributed by atoms with van der Waals surface area (Å²) >= 11 is 0. The Bertz CT molecular complexity index is 853. The van der Waals surface area contributed by atoms with Crippen LogP contribution in [0.2, 0.25) is 0 Å². The molecule has 1 aromatic heterocycles. The number of likely N-dealkylation sites (N-methyl/N-ethyl adjacent to an activating group) is 1. The summed E-state index contributed by atoms with van der Waals surface area (Å²) in [7, 11) is 2.23. The van der Waals surface area contributed by atoms with Gasteiger partial charge >= 0.3 is 5.97 Å². The first-order valence-corrected chi connectivity index (χ1v) is 10.9. The second-order valence-corrected chi connectivity index (χ2v) is 8.99. The van der Waals surface area contributed by atoms with Gasteiger partial charge in [-0.25, -0.2) is 0 Å². The van der Waals surface area contributed by atoms with Gasteiger partial charge in [0.2, 0.25) is 0 Å². The number of hydrogen-bond donors (Lipinski definition) is 2. The highest BCUT2D eigenvalue weighted by Crippen LogP contribution is 2.44. The Hall–Kier alpha value is -1.85. The van der Waals surface area contributed by atoms with E-state index in [1.54, 1.807) is 0 Å². The molecular weight excluding hydrogens is 350 g/mol. The van der Waals surface area contributed by atoms with Crippen molar-refractivity contribution in [3.8, 4) is 0 Å². The molecule has 0 bridgehead atoms. The molecule has 2 aromatic rings. The number of nitrogens with one attached hydrogen (secondary N) is 2. The van der Waals surface area contributed by atoms with E-state index in [1.165, 1.54) is 28.5 Å². The summed E-state index contributed by atoms with van der Waals surface area (Å²) in [5, 5.41) is 4.78. The smallest absolute Gasteiger partial charge is 0.323 e. The normalized spacial score (nSPS) is 30.6. The summed E-state index contributed by atoms with van der Waals surface area (Å²) < 4.78 is 5.80. The van der Waals surface area contributed by atoms with Crippen molar-refractivity contribution in [2.45, 2.75) is 56.5 Å². The SMILES string of the molecule is CN1C[C@H](COC(=O)[C@H]2CCCCCN2)C[C@@H]2c3cccc4[nH]cc(c34)C[C@H]21. The van der Waals surface area contributed by atoms with E-state index in [-0.39, 0.29) is 12.0 Å². The lowest BCUT2D eigenvalue weighted by Gasteiger charge is -2.45. The summed E-state index contributed by atoms with van der Waals surface area (Å²) in [6.45, 7) is 2.47. The largest absolute Gasteiger partial charge is 0.464 e. The molecule has 2 aliphatic heterocycles. The fourth-order valence-corrected chi connectivity index (χ4v) is 5.71. The van der Waals surface area contributed by atoms with E-state index < -0.39 is 0 Å². The maximum atomic E-state index is 12.5. The van der Waals surface area contributed by atoms with Crippen LogP contribution in [0.3, 0.4) is 0 Å². The van der Waals surface area contributed by atoms with Crippen LogP contribution in [0.5, 0.6) is 0 Å². The number of aromatic amines is 1. The van der Waals surface area contributed by atoms with Crippen LogP contribution in [0.4, 0.5) is 0 Å². The summed E-state index contributed by atoms with van der Waals surface area (Å²) in [6.07, 6.45) is 8.79. The molecule has 150 valence electrons. The molecule has 2 saturated heterocycles. The van der Waals surface area contributed by atoms with E-state index in [4.69, 9.17) is 4.74 Å². The predicted octanol–water partition coefficient (Wildman–Crippen LogP) is 3.20. The van der Waals surface area contributed by atoms with Crippen molar-refractivity contribution in [1.29, 1.82) is 0 Å². The Morgan fingerprint density at radius 2 is 2.21 bits per heavy atom. The lowest BCUT2D eigenvalue weighted by atomic mass is 9.72. The molecule has 28 heavy (non-hydrogen) atoms. The number of likely N-dealkylation sites (tertiary alicyclic amines) is 1. The highest BCUT2D eigenvalue weighted by atomic mass is 16.5. The van der Waals surface area contributed by atoms with Gasteiger partial charge in [0.15, 0.2) is 0 Å². The number of nitrogens with zero attached hydrogens (tertiary/aromatic N) is 1. The van der Waals surface area contributed by atoms with Crippen LogP contribution in [-0.2, 0) is 16.0 Å². The van der Waals surface area contributed by atoms with Crippen molar-refractivity contribution < 1.29 is 9.53 Å². The molecular formula is C23H31N3O2. The van der Waals surface area contributed by atoms with Gasteiger partial charge in [-0.3, -0.25) is 4.79 Å². The number of benzene rings is 1. The number of hydrogen-bond acceptors (Lipinski definition) is 4. The molecule has 1 aliphatic carbocycles. The van der Waals surface area contributed by atoms with Gasteiger partial charge in [0.1, 0.15) is 6.04 Å². The van der Waals surface area contributed by atoms with E-state index in [1.807, 2.05) is 0 Å². The second-order valence-electron chi connectivity index (χ2n) is 8.99. The fraction of sp³-hybridized carbons (Fsp3) is 0.609. The number of carbonyl (C=O) groups excluding carboxylic acids is 1. The molecule has 1 aromatic carbocycles. The minimum absolute atomic E-state index is 0.0506. The van der Waals surface area contributed by atoms with Gasteiger partial charge in [0, 0.05) is 41.5 Å². The van der Waals surface area contributed by atoms with Crippen LogP contribution in [0.25, 0.3) is 10.9 Å². The minimum Gasteiger partial charge on any atom is -0.464 e. The molecule has 2 N–H and O–H groups in total. The number of carbonyl (C=O) groups is 1. The van der Waals surface area contributed by atoms with Crippen LogP contribution < -0.4 is 5.32 Å². The van der Waals surface area contributed by atoms with Gasteiger partial charge in [0.25, 0.3) is 0 Å². The topological polar surface area (TPSA) is 57.4 Å². The lowest BCUT2D eigenvalue weighted by Crippen LogP contribution is -2.49. The third-order valence-corrected chi connectivity index (χ3v) is 7.12. The van der Waals surface area contributed by atoms with Gasteiger partial charge in [0.05, 0.1) is 6.61 Å². The molecule has 0 unspecified atom stereocenters. The van der Waals surface area contributed by atoms with Gasteiger partial charge < -0.3 is 19.9 Å². The first-order valence-electron chi connectivity index (χ1n) is 10.9. The number of fused-ring (bicyclic) bond motifs is 2. The first-order chi connectivity index (χ1) is 13.7. The van der Waals surface area contributed by atoms with Crippen LogP contribution in [-0.4, -0.2) is 54.7 Å². The summed E-state index contributed by atoms with van der Waals surface area (Å²) in [5.74, 6) is 0.868. The number of rotatable bonds is 3. The van der Waals surface area contributed by atoms with Crippen molar-refractivity contribution in [2.24, 2.45) is 5.92 Å². The highest BCUT2D eigenvalue weighted by molar-refractivity contribution is 5.88. The molecule has 0 spiro atoms. The van der Waals surface area contributed by atoms with Crippen LogP contribution in [0, 0.1) is 5.92 Å². The Balaban J connectivity index is 1.28. The molecule has 0 amide bonds. The summed E-state index contributed by atoms with van der Waals surface area (Å²) in [6, 6.07) is 7.08. The summed E-state index contributed by atoms with van der Waals surface area (Å²) in [5.41, 5.74) is 4.17. The van der Waals surface area contributed by atoms with E-state index in [2.05, 4.69) is 46.6 Å². The van der Waals surface area contributed by atoms with E-state index in [0.717, 1.165) is 45.2 Å². The molecule has 3 aliphatic rings. The predicted molar refractivity (Wildman–Crippen MR) is 110 cm³/mol. The third-order valence-electron chi connectivity index (χ3n) is 7.12. The van der Waals surface area contributed by atoms with Crippen LogP contribution in [0.15, 0.2) is 24.4 Å². The van der Waals surface area contributed by atoms with Crippen molar-refractivity contribution in [2.75, 3.05) is 26.7 Å². The zero-order chi connectivity index (χ0) is 19.1. The standard InChI is InChI=1S/C23H31N3O2/c1-26-13-15(14-28-23(27)20-7-3-2-4-9-24-20)10-18-17-6-5-8-19-22(17)16(12-25-19)11-21(18)26/h5-6,8,12,15,18,20-21,24-25H,2-4,7,9-11,13-14H2,1H3/t15-,18-,20-,21-/m1/s1. The number of ether oxygens (including phenoxy) is 1. The number of aromatic nitrogens is 1. The van der Waals surface area contributed by atoms with Crippen LogP contribution >= 0.6 is 0 Å². The van der Waals surface area contributed by atoms with E-state index >= 15 is 0 Å². The molecule has 0 saturated carbocycles. The first kappa shape index (κ1) is 18.2. The summed E-state index contributed by atoms with van der Waals surface area (Å²) in [4.78, 5) is 18.5. The maximum Gasteiger partial charge on any atom is 0.323 e. The number of H-pyrrole nitrogens is 1. The Kier molecular flexibility index (Phi) is 4.89. The molecule has 5 rings (SSSR count). The minimum atomic E-state index is -0.109. The molecule has 3 heterocycles. The van der Waals surface area contributed by atoms with Gasteiger partial charge in [-0.15, -0.1) is 0 Å². The maximum absolute atomic E-state index is 12.5. The fourth-order valence-electron chi connectivity index (χ4n) is 5.71.